The summed E-state index contributed by atoms with van der Waals surface area (Å²) in [7, 11) is 0. The fourth-order valence-corrected chi connectivity index (χ4v) is 2.96. The van der Waals surface area contributed by atoms with Gasteiger partial charge >= 0.3 is 12.4 Å². The van der Waals surface area contributed by atoms with Crippen LogP contribution in [0.25, 0.3) is 0 Å². The van der Waals surface area contributed by atoms with Crippen molar-refractivity contribution in [2.24, 2.45) is 11.8 Å². The number of alkyl halides is 6. The molecule has 0 aromatic heterocycles. The minimum absolute atomic E-state index is 0. The number of carbonyl (C=O) groups excluding carboxylic acids is 1. The van der Waals surface area contributed by atoms with E-state index in [1.165, 1.54) is 0 Å². The molecule has 3 nitrogen and oxygen atoms in total. The van der Waals surface area contributed by atoms with Crippen molar-refractivity contribution in [1.82, 2.24) is 5.32 Å². The predicted molar refractivity (Wildman–Crippen MR) is 89.6 cm³/mol. The first kappa shape index (κ1) is 22.9. The largest absolute Gasteiger partial charge is 0.416 e. The molecule has 0 radical (unpaired) electrons. The molecule has 148 valence electrons. The molecule has 0 aliphatic carbocycles. The zero-order valence-electron chi connectivity index (χ0n) is 13.5. The monoisotopic (exact) mass is 422 g/mol. The van der Waals surface area contributed by atoms with Crippen molar-refractivity contribution < 1.29 is 31.1 Å². The maximum absolute atomic E-state index is 12.9. The fraction of sp³-hybridized carbons (Fsp3) is 0.533. The van der Waals surface area contributed by atoms with E-state index in [0.717, 1.165) is 6.07 Å². The Labute approximate surface area is 156 Å². The molecule has 1 aliphatic rings. The average molecular weight is 423 g/mol. The van der Waals surface area contributed by atoms with Gasteiger partial charge in [-0.15, -0.1) is 24.2 Å². The first-order valence-electron chi connectivity index (χ1n) is 7.40. The number of halogens is 7. The normalized spacial score (nSPS) is 16.4. The smallest absolute Gasteiger partial charge is 0.325 e. The third-order valence-electron chi connectivity index (χ3n) is 3.89. The second-order valence-electron chi connectivity index (χ2n) is 5.81. The zero-order valence-corrected chi connectivity index (χ0v) is 15.1. The van der Waals surface area contributed by atoms with Gasteiger partial charge in [0.2, 0.25) is 5.91 Å². The molecule has 2 N–H and O–H groups in total. The van der Waals surface area contributed by atoms with Gasteiger partial charge in [-0.05, 0) is 37.2 Å². The molecule has 0 saturated carbocycles. The lowest BCUT2D eigenvalue weighted by Gasteiger charge is -2.31. The van der Waals surface area contributed by atoms with Gasteiger partial charge in [-0.2, -0.15) is 26.3 Å². The molecule has 1 unspecified atom stereocenters. The lowest BCUT2D eigenvalue weighted by molar-refractivity contribution is -0.137. The van der Waals surface area contributed by atoms with Crippen LogP contribution in [0.15, 0.2) is 23.1 Å². The maximum atomic E-state index is 12.9. The number of carbonyl (C=O) groups is 1. The van der Waals surface area contributed by atoms with Crippen LogP contribution in [0.4, 0.5) is 32.0 Å². The first-order valence-corrected chi connectivity index (χ1v) is 8.38. The summed E-state index contributed by atoms with van der Waals surface area (Å²) >= 11 is 0.336. The highest BCUT2D eigenvalue weighted by Gasteiger charge is 2.33. The van der Waals surface area contributed by atoms with E-state index in [0.29, 0.717) is 37.0 Å². The highest BCUT2D eigenvalue weighted by molar-refractivity contribution is 7.99. The van der Waals surface area contributed by atoms with Crippen molar-refractivity contribution in [3.05, 3.63) is 23.8 Å². The van der Waals surface area contributed by atoms with Crippen LogP contribution in [-0.2, 0) is 11.0 Å². The summed E-state index contributed by atoms with van der Waals surface area (Å²) < 4.78 is 75.8. The van der Waals surface area contributed by atoms with Crippen LogP contribution in [0.1, 0.15) is 12.5 Å². The van der Waals surface area contributed by atoms with Gasteiger partial charge in [0.1, 0.15) is 0 Å². The quantitative estimate of drug-likeness (QED) is 0.539. The molecule has 1 aromatic rings. The molecular weight excluding hydrogens is 406 g/mol. The Morgan fingerprint density at radius 1 is 1.27 bits per heavy atom. The van der Waals surface area contributed by atoms with Crippen LogP contribution in [-0.4, -0.2) is 30.9 Å². The molecule has 1 amide bonds. The summed E-state index contributed by atoms with van der Waals surface area (Å²) in [5, 5.41) is 5.33. The van der Waals surface area contributed by atoms with Crippen LogP contribution >= 0.6 is 24.2 Å². The molecule has 11 heteroatoms. The maximum Gasteiger partial charge on any atom is 0.416 e. The Hall–Kier alpha value is -1.13. The number of nitrogens with one attached hydrogen (secondary N) is 2. The molecule has 0 spiro atoms. The van der Waals surface area contributed by atoms with Gasteiger partial charge in [-0.25, -0.2) is 0 Å². The van der Waals surface area contributed by atoms with E-state index in [4.69, 9.17) is 0 Å². The molecule has 1 saturated heterocycles. The average Bonchev–Trinajstić information content (AvgIpc) is 2.41. The van der Waals surface area contributed by atoms with E-state index >= 15 is 0 Å². The van der Waals surface area contributed by atoms with Gasteiger partial charge in [0.05, 0.1) is 17.0 Å². The van der Waals surface area contributed by atoms with Gasteiger partial charge in [-0.3, -0.25) is 4.79 Å². The second kappa shape index (κ2) is 8.71. The number of hydrogen-bond donors (Lipinski definition) is 2. The van der Waals surface area contributed by atoms with Crippen molar-refractivity contribution >= 4 is 35.8 Å². The Morgan fingerprint density at radius 3 is 2.35 bits per heavy atom. The van der Waals surface area contributed by atoms with E-state index in [1.807, 2.05) is 0 Å². The van der Waals surface area contributed by atoms with Crippen molar-refractivity contribution in [3.8, 4) is 0 Å². The number of rotatable bonds is 5. The number of amides is 1. The highest BCUT2D eigenvalue weighted by Crippen LogP contribution is 2.37. The lowest BCUT2D eigenvalue weighted by atomic mass is 9.88. The molecule has 26 heavy (non-hydrogen) atoms. The van der Waals surface area contributed by atoms with Crippen LogP contribution in [0, 0.1) is 11.8 Å². The minimum atomic E-state index is -4.66. The predicted octanol–water partition coefficient (Wildman–Crippen LogP) is 4.58. The Morgan fingerprint density at radius 2 is 1.88 bits per heavy atom. The second-order valence-corrected chi connectivity index (χ2v) is 6.83. The fourth-order valence-electron chi connectivity index (χ4n) is 2.21. The van der Waals surface area contributed by atoms with E-state index < -0.39 is 35.5 Å². The third-order valence-corrected chi connectivity index (χ3v) is 5.03. The molecule has 0 bridgehead atoms. The number of thioether (sulfide) groups is 1. The van der Waals surface area contributed by atoms with Gasteiger partial charge in [0.25, 0.3) is 0 Å². The summed E-state index contributed by atoms with van der Waals surface area (Å²) in [6, 6.07) is 2.32. The van der Waals surface area contributed by atoms with Gasteiger partial charge in [-0.1, -0.05) is 6.92 Å². The van der Waals surface area contributed by atoms with E-state index in [1.54, 1.807) is 6.92 Å². The summed E-state index contributed by atoms with van der Waals surface area (Å²) in [5.74, 6) is -2.18. The topological polar surface area (TPSA) is 41.1 Å². The van der Waals surface area contributed by atoms with E-state index in [2.05, 4.69) is 10.6 Å². The van der Waals surface area contributed by atoms with Crippen molar-refractivity contribution in [1.29, 1.82) is 0 Å². The van der Waals surface area contributed by atoms with E-state index in [9.17, 15) is 31.1 Å². The Bertz CT molecular complexity index is 634. The lowest BCUT2D eigenvalue weighted by Crippen LogP contribution is -2.48. The molecule has 1 aliphatic heterocycles. The van der Waals surface area contributed by atoms with E-state index in [-0.39, 0.29) is 28.9 Å². The van der Waals surface area contributed by atoms with Crippen LogP contribution < -0.4 is 10.6 Å². The zero-order chi connectivity index (χ0) is 18.8. The molecule has 1 fully saturated rings. The first-order chi connectivity index (χ1) is 11.5. The van der Waals surface area contributed by atoms with Gasteiger partial charge in [0.15, 0.2) is 0 Å². The number of anilines is 1. The van der Waals surface area contributed by atoms with Crippen LogP contribution in [0.2, 0.25) is 0 Å². The molecule has 2 rings (SSSR count). The van der Waals surface area contributed by atoms with Gasteiger partial charge in [0, 0.05) is 10.8 Å². The number of benzene rings is 1. The summed E-state index contributed by atoms with van der Waals surface area (Å²) in [6.45, 7) is 2.87. The minimum Gasteiger partial charge on any atom is -0.325 e. The van der Waals surface area contributed by atoms with Crippen molar-refractivity contribution in [2.75, 3.05) is 24.2 Å². The third kappa shape index (κ3) is 6.24. The summed E-state index contributed by atoms with van der Waals surface area (Å²) in [5.41, 5.74) is -1.29. The number of hydrogen-bond acceptors (Lipinski definition) is 3. The Balaban J connectivity index is 0.00000338. The van der Waals surface area contributed by atoms with Gasteiger partial charge < -0.3 is 10.6 Å². The molecule has 1 atom stereocenters. The van der Waals surface area contributed by atoms with Crippen LogP contribution in [0.3, 0.4) is 0 Å². The standard InChI is InChI=1S/C15H16F6N2OS.ClH/c1-8(9-5-22-6-9)13(24)23-11-4-10(15(19,20)21)2-3-12(11)25-7-14(16,17)18;/h2-4,8-9,22H,5-7H2,1H3,(H,23,24);1H. The summed E-state index contributed by atoms with van der Waals surface area (Å²) in [6.07, 6.45) is -9.13. The Kier molecular flexibility index (Phi) is 7.67. The van der Waals surface area contributed by atoms with Crippen molar-refractivity contribution in [3.63, 3.8) is 0 Å². The summed E-state index contributed by atoms with van der Waals surface area (Å²) in [4.78, 5) is 12.2. The molecule has 1 heterocycles. The van der Waals surface area contributed by atoms with Crippen molar-refractivity contribution in [2.45, 2.75) is 24.2 Å². The molecule has 1 aromatic carbocycles. The molecular formula is C15H17ClF6N2OS. The SMILES string of the molecule is CC(C(=O)Nc1cc(C(F)(F)F)ccc1SCC(F)(F)F)C1CNC1.Cl. The van der Waals surface area contributed by atoms with Crippen LogP contribution in [0.5, 0.6) is 0 Å². The highest BCUT2D eigenvalue weighted by atomic mass is 35.5.